The standard InChI is InChI=1S/C13H15BrCl2FNO2S/c14-9-4-2-1-3-8(9)7-18-21(19,20)11-6-5-10(15)13(17)12(11)16/h5-6,8-9,18H,1-4,7H2. The summed E-state index contributed by atoms with van der Waals surface area (Å²) >= 11 is 14.9. The molecular weight excluding hydrogens is 404 g/mol. The summed E-state index contributed by atoms with van der Waals surface area (Å²) in [6.07, 6.45) is 4.22. The maximum absolute atomic E-state index is 13.6. The van der Waals surface area contributed by atoms with Gasteiger partial charge in [0.15, 0.2) is 5.82 Å². The molecule has 0 bridgehead atoms. The molecule has 118 valence electrons. The van der Waals surface area contributed by atoms with E-state index in [0.29, 0.717) is 11.4 Å². The topological polar surface area (TPSA) is 46.2 Å². The first-order chi connectivity index (χ1) is 9.83. The van der Waals surface area contributed by atoms with E-state index in [1.54, 1.807) is 0 Å². The molecule has 0 spiro atoms. The average molecular weight is 419 g/mol. The lowest BCUT2D eigenvalue weighted by Crippen LogP contribution is -2.34. The van der Waals surface area contributed by atoms with Gasteiger partial charge in [-0.25, -0.2) is 17.5 Å². The fraction of sp³-hybridized carbons (Fsp3) is 0.538. The summed E-state index contributed by atoms with van der Waals surface area (Å²) in [5.74, 6) is -0.693. The molecule has 21 heavy (non-hydrogen) atoms. The van der Waals surface area contributed by atoms with Crippen LogP contribution in [0.25, 0.3) is 0 Å². The molecule has 2 rings (SSSR count). The first-order valence-electron chi connectivity index (χ1n) is 6.60. The van der Waals surface area contributed by atoms with Gasteiger partial charge in [0, 0.05) is 11.4 Å². The molecule has 2 unspecified atom stereocenters. The predicted octanol–water partition coefficient (Wildman–Crippen LogP) is 4.36. The van der Waals surface area contributed by atoms with Gasteiger partial charge in [0.05, 0.1) is 10.0 Å². The average Bonchev–Trinajstić information content (AvgIpc) is 2.44. The molecule has 0 aromatic heterocycles. The van der Waals surface area contributed by atoms with Gasteiger partial charge in [-0.15, -0.1) is 0 Å². The first-order valence-corrected chi connectivity index (χ1v) is 9.75. The second-order valence-electron chi connectivity index (χ2n) is 5.09. The molecule has 0 aliphatic heterocycles. The summed E-state index contributed by atoms with van der Waals surface area (Å²) in [6, 6.07) is 2.40. The van der Waals surface area contributed by atoms with Crippen molar-refractivity contribution < 1.29 is 12.8 Å². The maximum atomic E-state index is 13.6. The van der Waals surface area contributed by atoms with Crippen molar-refractivity contribution in [1.82, 2.24) is 4.72 Å². The Morgan fingerprint density at radius 1 is 1.29 bits per heavy atom. The number of hydrogen-bond donors (Lipinski definition) is 1. The lowest BCUT2D eigenvalue weighted by atomic mass is 9.89. The molecule has 1 aliphatic rings. The zero-order valence-electron chi connectivity index (χ0n) is 11.1. The van der Waals surface area contributed by atoms with Crippen molar-refractivity contribution >= 4 is 49.2 Å². The van der Waals surface area contributed by atoms with E-state index >= 15 is 0 Å². The lowest BCUT2D eigenvalue weighted by Gasteiger charge is -2.27. The monoisotopic (exact) mass is 417 g/mol. The molecule has 8 heteroatoms. The van der Waals surface area contributed by atoms with Crippen molar-refractivity contribution in [2.75, 3.05) is 6.54 Å². The summed E-state index contributed by atoms with van der Waals surface area (Å²) in [6.45, 7) is 0.304. The summed E-state index contributed by atoms with van der Waals surface area (Å²) in [5.41, 5.74) is 0. The van der Waals surface area contributed by atoms with E-state index in [2.05, 4.69) is 20.7 Å². The highest BCUT2D eigenvalue weighted by atomic mass is 79.9. The molecule has 1 saturated carbocycles. The highest BCUT2D eigenvalue weighted by Crippen LogP contribution is 2.31. The van der Waals surface area contributed by atoms with Crippen LogP contribution in [-0.2, 0) is 10.0 Å². The van der Waals surface area contributed by atoms with E-state index in [0.717, 1.165) is 25.7 Å². The van der Waals surface area contributed by atoms with E-state index in [1.165, 1.54) is 12.1 Å². The van der Waals surface area contributed by atoms with E-state index in [-0.39, 0.29) is 15.8 Å². The minimum Gasteiger partial charge on any atom is -0.211 e. The Kier molecular flexibility index (Phi) is 5.93. The van der Waals surface area contributed by atoms with E-state index in [1.807, 2.05) is 0 Å². The molecule has 1 aliphatic carbocycles. The van der Waals surface area contributed by atoms with Crippen LogP contribution in [0.1, 0.15) is 25.7 Å². The summed E-state index contributed by atoms with van der Waals surface area (Å²) in [5, 5.41) is -0.680. The van der Waals surface area contributed by atoms with Gasteiger partial charge in [0.1, 0.15) is 4.90 Å². The molecule has 3 nitrogen and oxygen atoms in total. The van der Waals surface area contributed by atoms with Gasteiger partial charge in [-0.3, -0.25) is 0 Å². The Bertz CT molecular complexity index is 627. The van der Waals surface area contributed by atoms with Crippen molar-refractivity contribution in [3.8, 4) is 0 Å². The maximum Gasteiger partial charge on any atom is 0.242 e. The van der Waals surface area contributed by atoms with Crippen LogP contribution in [0.3, 0.4) is 0 Å². The Morgan fingerprint density at radius 2 is 1.95 bits per heavy atom. The zero-order chi connectivity index (χ0) is 15.6. The minimum atomic E-state index is -3.85. The number of hydrogen-bond acceptors (Lipinski definition) is 2. The van der Waals surface area contributed by atoms with Crippen molar-refractivity contribution in [2.45, 2.75) is 35.4 Å². The Hall–Kier alpha value is 0.120. The SMILES string of the molecule is O=S(=O)(NCC1CCCCC1Br)c1ccc(Cl)c(F)c1Cl. The molecule has 1 aromatic carbocycles. The molecule has 1 fully saturated rings. The highest BCUT2D eigenvalue weighted by Gasteiger charge is 2.26. The fourth-order valence-electron chi connectivity index (χ4n) is 2.40. The Labute approximate surface area is 142 Å². The Balaban J connectivity index is 2.13. The molecule has 0 heterocycles. The number of benzene rings is 1. The van der Waals surface area contributed by atoms with Crippen LogP contribution in [0.15, 0.2) is 17.0 Å². The Morgan fingerprint density at radius 3 is 2.62 bits per heavy atom. The van der Waals surface area contributed by atoms with Gasteiger partial charge in [-0.05, 0) is 30.9 Å². The zero-order valence-corrected chi connectivity index (χ0v) is 15.0. The second-order valence-corrected chi connectivity index (χ2v) is 8.78. The molecular formula is C13H15BrCl2FNO2S. The third kappa shape index (κ3) is 4.10. The summed E-state index contributed by atoms with van der Waals surface area (Å²) in [4.78, 5) is 0.0133. The van der Waals surface area contributed by atoms with Crippen molar-refractivity contribution in [2.24, 2.45) is 5.92 Å². The lowest BCUT2D eigenvalue weighted by molar-refractivity contribution is 0.373. The highest BCUT2D eigenvalue weighted by molar-refractivity contribution is 9.09. The van der Waals surface area contributed by atoms with Crippen molar-refractivity contribution in [3.63, 3.8) is 0 Å². The van der Waals surface area contributed by atoms with Gasteiger partial charge < -0.3 is 0 Å². The number of sulfonamides is 1. The van der Waals surface area contributed by atoms with Gasteiger partial charge in [0.2, 0.25) is 10.0 Å². The van der Waals surface area contributed by atoms with Gasteiger partial charge in [-0.1, -0.05) is 52.0 Å². The number of rotatable bonds is 4. The minimum absolute atomic E-state index is 0.202. The van der Waals surface area contributed by atoms with E-state index < -0.39 is 20.9 Å². The smallest absolute Gasteiger partial charge is 0.211 e. The van der Waals surface area contributed by atoms with Crippen LogP contribution < -0.4 is 4.72 Å². The number of alkyl halides is 1. The molecule has 0 radical (unpaired) electrons. The van der Waals surface area contributed by atoms with Crippen LogP contribution in [0.2, 0.25) is 10.0 Å². The first kappa shape index (κ1) is 17.5. The largest absolute Gasteiger partial charge is 0.242 e. The normalized spacial score (nSPS) is 23.2. The van der Waals surface area contributed by atoms with E-state index in [4.69, 9.17) is 23.2 Å². The van der Waals surface area contributed by atoms with Gasteiger partial charge in [0.25, 0.3) is 0 Å². The number of nitrogens with one attached hydrogen (secondary N) is 1. The molecule has 1 aromatic rings. The van der Waals surface area contributed by atoms with Crippen LogP contribution in [0, 0.1) is 11.7 Å². The molecule has 0 saturated heterocycles. The van der Waals surface area contributed by atoms with Crippen molar-refractivity contribution in [3.05, 3.63) is 28.0 Å². The fourth-order valence-corrected chi connectivity index (χ4v) is 5.01. The summed E-state index contributed by atoms with van der Waals surface area (Å²) in [7, 11) is -3.85. The second kappa shape index (κ2) is 7.13. The third-order valence-corrected chi connectivity index (χ3v) is 7.09. The summed E-state index contributed by atoms with van der Waals surface area (Å²) < 4.78 is 40.6. The van der Waals surface area contributed by atoms with Crippen molar-refractivity contribution in [1.29, 1.82) is 0 Å². The van der Waals surface area contributed by atoms with Gasteiger partial charge >= 0.3 is 0 Å². The molecule has 2 atom stereocenters. The number of halogens is 4. The molecule has 1 N–H and O–H groups in total. The quantitative estimate of drug-likeness (QED) is 0.583. The van der Waals surface area contributed by atoms with Gasteiger partial charge in [-0.2, -0.15) is 0 Å². The predicted molar refractivity (Wildman–Crippen MR) is 86.3 cm³/mol. The van der Waals surface area contributed by atoms with Crippen LogP contribution in [0.5, 0.6) is 0 Å². The molecule has 0 amide bonds. The van der Waals surface area contributed by atoms with Crippen LogP contribution in [0.4, 0.5) is 4.39 Å². The van der Waals surface area contributed by atoms with E-state index in [9.17, 15) is 12.8 Å². The van der Waals surface area contributed by atoms with Crippen LogP contribution in [-0.4, -0.2) is 19.8 Å². The third-order valence-electron chi connectivity index (χ3n) is 3.64. The van der Waals surface area contributed by atoms with Crippen LogP contribution >= 0.6 is 39.1 Å².